The molecule has 1 amide bonds. The van der Waals surface area contributed by atoms with Crippen molar-refractivity contribution in [2.24, 2.45) is 0 Å². The third-order valence-electron chi connectivity index (χ3n) is 11.7. The van der Waals surface area contributed by atoms with Crippen LogP contribution in [0.25, 0.3) is 0 Å². The van der Waals surface area contributed by atoms with Crippen LogP contribution >= 0.6 is 23.4 Å². The second-order valence-electron chi connectivity index (χ2n) is 19.3. The Bertz CT molecular complexity index is 2900. The summed E-state index contributed by atoms with van der Waals surface area (Å²) in [6.45, 7) is 21.8. The molecular formula is C61H71ClFN3O7S. The van der Waals surface area contributed by atoms with Crippen LogP contribution in [0.2, 0.25) is 5.02 Å². The number of nitrogens with zero attached hydrogens (tertiary/aromatic N) is 3. The van der Waals surface area contributed by atoms with E-state index >= 15 is 0 Å². The van der Waals surface area contributed by atoms with E-state index in [0.717, 1.165) is 76.6 Å². The first-order chi connectivity index (χ1) is 35.3. The molecule has 13 heteroatoms. The second kappa shape index (κ2) is 28.1. The van der Waals surface area contributed by atoms with Crippen LogP contribution in [0.3, 0.4) is 0 Å². The SMILES string of the molecule is CCCN(C(=O)O)c1cccc(C)c1.CCOc1ccc(C(C)(C)CCCc2cccc(F)c2Oc2ccccc2)cc1.Cc1cc(Oc2ccccc2)cc(C)c1OCCSc1cnn(C(C)(C)C)c(=O)c1Cl. The quantitative estimate of drug-likeness (QED) is 0.0625. The second-order valence-corrected chi connectivity index (χ2v) is 20.8. The first-order valence-corrected chi connectivity index (χ1v) is 26.4. The number of hydrogen-bond donors (Lipinski definition) is 1. The standard InChI is InChI=1S/C26H29FO2.C24H27ClN2O3S.C11H15NO2/c1-4-28-22-17-15-21(16-18-22)26(2,3)19-9-11-20-10-8-14-24(27)25(20)29-23-12-6-5-7-13-23;1-16-13-19(30-18-9-7-6-8-10-18)14-17(2)22(16)29-11-12-31-20-15-26-27(24(3,4)5)23(28)21(20)25;1-3-7-12(11(13)14)10-6-4-5-9(2)8-10/h5-8,10,12-18H,4,9,11,19H2,1-3H3;6-10,13-15H,11-12H2,1-5H3;4-6,8H,3,7H2,1-2H3,(H,13,14). The zero-order valence-electron chi connectivity index (χ0n) is 44.4. The number of ether oxygens (including phenoxy) is 4. The van der Waals surface area contributed by atoms with E-state index in [9.17, 15) is 14.0 Å². The number of amides is 1. The number of benzene rings is 6. The lowest BCUT2D eigenvalue weighted by Crippen LogP contribution is -2.36. The van der Waals surface area contributed by atoms with Crippen LogP contribution in [0.15, 0.2) is 155 Å². The van der Waals surface area contributed by atoms with Gasteiger partial charge in [0.15, 0.2) is 11.6 Å². The maximum Gasteiger partial charge on any atom is 0.411 e. The van der Waals surface area contributed by atoms with E-state index in [4.69, 9.17) is 35.7 Å². The summed E-state index contributed by atoms with van der Waals surface area (Å²) in [4.78, 5) is 25.4. The number of aromatic nitrogens is 2. The summed E-state index contributed by atoms with van der Waals surface area (Å²) in [5, 5.41) is 13.4. The highest BCUT2D eigenvalue weighted by Gasteiger charge is 2.22. The molecule has 0 saturated carbocycles. The Morgan fingerprint density at radius 1 is 0.743 bits per heavy atom. The van der Waals surface area contributed by atoms with Gasteiger partial charge in [-0.25, -0.2) is 13.9 Å². The number of rotatable bonds is 19. The lowest BCUT2D eigenvalue weighted by atomic mass is 9.80. The fraction of sp³-hybridized carbons (Fsp3) is 0.328. The molecule has 0 aliphatic carbocycles. The van der Waals surface area contributed by atoms with E-state index in [1.54, 1.807) is 12.3 Å². The number of carboxylic acid groups (broad SMARTS) is 1. The van der Waals surface area contributed by atoms with Gasteiger partial charge in [0.1, 0.15) is 33.8 Å². The molecule has 0 unspecified atom stereocenters. The molecule has 0 bridgehead atoms. The van der Waals surface area contributed by atoms with Crippen molar-refractivity contribution in [3.63, 3.8) is 0 Å². The predicted octanol–water partition coefficient (Wildman–Crippen LogP) is 16.4. The predicted molar refractivity (Wildman–Crippen MR) is 300 cm³/mol. The van der Waals surface area contributed by atoms with Crippen molar-refractivity contribution in [3.8, 4) is 34.5 Å². The molecule has 0 saturated heterocycles. The number of hydrogen-bond acceptors (Lipinski definition) is 8. The monoisotopic (exact) mass is 1040 g/mol. The molecule has 1 N–H and O–H groups in total. The maximum absolute atomic E-state index is 14.4. The Morgan fingerprint density at radius 2 is 1.36 bits per heavy atom. The van der Waals surface area contributed by atoms with Crippen LogP contribution in [-0.4, -0.2) is 46.5 Å². The highest BCUT2D eigenvalue weighted by atomic mass is 35.5. The fourth-order valence-electron chi connectivity index (χ4n) is 7.97. The molecule has 74 heavy (non-hydrogen) atoms. The Balaban J connectivity index is 0.000000220. The van der Waals surface area contributed by atoms with Gasteiger partial charge in [0.25, 0.3) is 5.56 Å². The van der Waals surface area contributed by atoms with Crippen molar-refractivity contribution in [1.29, 1.82) is 0 Å². The van der Waals surface area contributed by atoms with E-state index in [-0.39, 0.29) is 21.8 Å². The molecule has 0 aliphatic rings. The Morgan fingerprint density at radius 3 is 1.95 bits per heavy atom. The minimum atomic E-state index is -0.891. The summed E-state index contributed by atoms with van der Waals surface area (Å²) >= 11 is 7.74. The van der Waals surface area contributed by atoms with Gasteiger partial charge in [-0.3, -0.25) is 9.69 Å². The number of halogens is 2. The van der Waals surface area contributed by atoms with Crippen LogP contribution in [-0.2, 0) is 17.4 Å². The molecule has 7 rings (SSSR count). The van der Waals surface area contributed by atoms with E-state index in [2.05, 4.69) is 31.1 Å². The molecule has 0 spiro atoms. The van der Waals surface area contributed by atoms with Crippen molar-refractivity contribution in [3.05, 3.63) is 195 Å². The summed E-state index contributed by atoms with van der Waals surface area (Å²) in [7, 11) is 0. The van der Waals surface area contributed by atoms with Gasteiger partial charge in [-0.1, -0.05) is 105 Å². The van der Waals surface area contributed by atoms with Gasteiger partial charge in [-0.05, 0) is 174 Å². The van der Waals surface area contributed by atoms with Gasteiger partial charge in [0.05, 0.1) is 29.8 Å². The van der Waals surface area contributed by atoms with Crippen molar-refractivity contribution in [2.75, 3.05) is 30.4 Å². The molecule has 0 radical (unpaired) electrons. The molecular weight excluding hydrogens is 973 g/mol. The highest BCUT2D eigenvalue weighted by molar-refractivity contribution is 7.99. The third kappa shape index (κ3) is 17.4. The largest absolute Gasteiger partial charge is 0.494 e. The number of anilines is 1. The van der Waals surface area contributed by atoms with Crippen LogP contribution in [0.4, 0.5) is 14.9 Å². The fourth-order valence-corrected chi connectivity index (χ4v) is 8.99. The van der Waals surface area contributed by atoms with Crippen LogP contribution < -0.4 is 29.4 Å². The maximum atomic E-state index is 14.4. The van der Waals surface area contributed by atoms with E-state index < -0.39 is 11.6 Å². The lowest BCUT2D eigenvalue weighted by Gasteiger charge is -2.26. The summed E-state index contributed by atoms with van der Waals surface area (Å²) in [6.07, 6.45) is 4.27. The Labute approximate surface area is 446 Å². The molecule has 7 aromatic rings. The molecule has 0 atom stereocenters. The van der Waals surface area contributed by atoms with Crippen molar-refractivity contribution in [2.45, 2.75) is 111 Å². The van der Waals surface area contributed by atoms with Crippen molar-refractivity contribution in [1.82, 2.24) is 9.78 Å². The minimum Gasteiger partial charge on any atom is -0.494 e. The molecule has 0 fully saturated rings. The lowest BCUT2D eigenvalue weighted by molar-refractivity contribution is 0.202. The average Bonchev–Trinajstić information content (AvgIpc) is 3.36. The van der Waals surface area contributed by atoms with E-state index in [0.29, 0.717) is 41.9 Å². The first kappa shape index (κ1) is 58.1. The van der Waals surface area contributed by atoms with Crippen molar-refractivity contribution < 1.29 is 33.2 Å². The van der Waals surface area contributed by atoms with Crippen LogP contribution in [0.1, 0.15) is 95.5 Å². The van der Waals surface area contributed by atoms with Crippen LogP contribution in [0.5, 0.6) is 34.5 Å². The highest BCUT2D eigenvalue weighted by Crippen LogP contribution is 2.35. The molecule has 1 heterocycles. The minimum absolute atomic E-state index is 0.0263. The normalized spacial score (nSPS) is 11.1. The third-order valence-corrected chi connectivity index (χ3v) is 13.2. The number of thioether (sulfide) groups is 1. The van der Waals surface area contributed by atoms with Crippen LogP contribution in [0, 0.1) is 26.6 Å². The molecule has 10 nitrogen and oxygen atoms in total. The Hall–Kier alpha value is -6.76. The van der Waals surface area contributed by atoms with Gasteiger partial charge in [-0.2, -0.15) is 5.10 Å². The zero-order chi connectivity index (χ0) is 53.8. The summed E-state index contributed by atoms with van der Waals surface area (Å²) in [6, 6.07) is 44.0. The average molecular weight is 1040 g/mol. The van der Waals surface area contributed by atoms with Gasteiger partial charge in [0, 0.05) is 18.0 Å². The van der Waals surface area contributed by atoms with Crippen molar-refractivity contribution >= 4 is 35.1 Å². The van der Waals surface area contributed by atoms with Gasteiger partial charge >= 0.3 is 6.09 Å². The van der Waals surface area contributed by atoms with Gasteiger partial charge in [-0.15, -0.1) is 11.8 Å². The topological polar surface area (TPSA) is 112 Å². The van der Waals surface area contributed by atoms with E-state index in [1.165, 1.54) is 33.0 Å². The van der Waals surface area contributed by atoms with E-state index in [1.807, 2.05) is 171 Å². The molecule has 0 aliphatic heterocycles. The number of para-hydroxylation sites is 3. The first-order valence-electron chi connectivity index (χ1n) is 25.0. The zero-order valence-corrected chi connectivity index (χ0v) is 46.0. The summed E-state index contributed by atoms with van der Waals surface area (Å²) < 4.78 is 39.2. The number of aryl methyl sites for hydroxylation is 4. The molecule has 6 aromatic carbocycles. The van der Waals surface area contributed by atoms with Gasteiger partial charge in [0.2, 0.25) is 0 Å². The molecule has 392 valence electrons. The smallest absolute Gasteiger partial charge is 0.411 e. The summed E-state index contributed by atoms with van der Waals surface area (Å²) in [5.74, 6) is 4.61. The number of carbonyl (C=O) groups is 1. The van der Waals surface area contributed by atoms with Gasteiger partial charge < -0.3 is 24.1 Å². The molecule has 1 aromatic heterocycles. The summed E-state index contributed by atoms with van der Waals surface area (Å²) in [5.41, 5.74) is 5.34. The Kier molecular flexibility index (Phi) is 22.0.